The van der Waals surface area contributed by atoms with Crippen LogP contribution < -0.4 is 37.6 Å². The monoisotopic (exact) mass is 488 g/mol. The number of ether oxygens (including phenoxy) is 1. The number of fused-ring (bicyclic) bond motifs is 1. The summed E-state index contributed by atoms with van der Waals surface area (Å²) in [6.45, 7) is 0. The molecular weight excluding hydrogens is 463 g/mol. The molecule has 0 saturated carbocycles. The van der Waals surface area contributed by atoms with Gasteiger partial charge < -0.3 is 21.7 Å². The van der Waals surface area contributed by atoms with Crippen LogP contribution in [0, 0.1) is 0 Å². The highest BCUT2D eigenvalue weighted by Crippen LogP contribution is 2.70. The minimum atomic E-state index is -1.92. The summed E-state index contributed by atoms with van der Waals surface area (Å²) in [7, 11) is -0.156. The average molecular weight is 489 g/mol. The van der Waals surface area contributed by atoms with Gasteiger partial charge in [0.1, 0.15) is 34.6 Å². The molecular formula is C28H26BrOP. The first-order valence-corrected chi connectivity index (χ1v) is 12.4. The minimum Gasteiger partial charge on any atom is -1.00 e. The highest BCUT2D eigenvalue weighted by Gasteiger charge is 2.54. The largest absolute Gasteiger partial charge is 1.00 e. The van der Waals surface area contributed by atoms with E-state index in [4.69, 9.17) is 4.74 Å². The third kappa shape index (κ3) is 3.73. The summed E-state index contributed by atoms with van der Waals surface area (Å²) in [6.07, 6.45) is 2.28. The molecule has 31 heavy (non-hydrogen) atoms. The Hall–Kier alpha value is -2.41. The van der Waals surface area contributed by atoms with E-state index in [1.807, 2.05) is 0 Å². The maximum Gasteiger partial charge on any atom is 0.119 e. The van der Waals surface area contributed by atoms with Crippen molar-refractivity contribution in [1.82, 2.24) is 0 Å². The second-order valence-corrected chi connectivity index (χ2v) is 11.5. The minimum absolute atomic E-state index is 0. The number of halogens is 1. The fraction of sp³-hybridized carbons (Fsp3) is 0.143. The van der Waals surface area contributed by atoms with Gasteiger partial charge in [-0.1, -0.05) is 60.7 Å². The van der Waals surface area contributed by atoms with Gasteiger partial charge in [0.2, 0.25) is 0 Å². The van der Waals surface area contributed by atoms with Crippen LogP contribution in [0.5, 0.6) is 5.75 Å². The molecule has 0 amide bonds. The predicted molar refractivity (Wildman–Crippen MR) is 129 cm³/mol. The van der Waals surface area contributed by atoms with Crippen LogP contribution >= 0.6 is 7.26 Å². The lowest BCUT2D eigenvalue weighted by Crippen LogP contribution is -3.00. The summed E-state index contributed by atoms with van der Waals surface area (Å²) >= 11 is 0. The van der Waals surface area contributed by atoms with Gasteiger partial charge in [0.25, 0.3) is 0 Å². The molecule has 5 rings (SSSR count). The third-order valence-electron chi connectivity index (χ3n) is 6.36. The topological polar surface area (TPSA) is 9.23 Å². The Morgan fingerprint density at radius 3 is 1.61 bits per heavy atom. The molecule has 1 nitrogen and oxygen atoms in total. The predicted octanol–water partition coefficient (Wildman–Crippen LogP) is 2.68. The number of aryl methyl sites for hydroxylation is 1. The molecule has 4 aromatic carbocycles. The van der Waals surface area contributed by atoms with E-state index in [0.29, 0.717) is 5.66 Å². The Morgan fingerprint density at radius 1 is 0.677 bits per heavy atom. The Labute approximate surface area is 196 Å². The number of benzene rings is 4. The second-order valence-electron chi connectivity index (χ2n) is 7.85. The molecule has 1 aliphatic rings. The Kier molecular flexibility index (Phi) is 6.60. The average Bonchev–Trinajstić information content (AvgIpc) is 3.25. The molecule has 4 aromatic rings. The number of hydrogen-bond acceptors (Lipinski definition) is 1. The molecule has 1 aliphatic carbocycles. The SMILES string of the molecule is COc1ccc2c(c1)C([P+](c1ccccc1)(c1ccccc1)c1ccccc1)CC2.[Br-]. The van der Waals surface area contributed by atoms with Crippen LogP contribution in [-0.4, -0.2) is 7.11 Å². The summed E-state index contributed by atoms with van der Waals surface area (Å²) in [6, 6.07) is 40.2. The lowest BCUT2D eigenvalue weighted by molar-refractivity contribution is -0.00000610. The zero-order chi connectivity index (χ0) is 20.4. The zero-order valence-corrected chi connectivity index (χ0v) is 20.1. The van der Waals surface area contributed by atoms with Crippen LogP contribution in [0.25, 0.3) is 0 Å². The molecule has 0 radical (unpaired) electrons. The van der Waals surface area contributed by atoms with Crippen LogP contribution in [0.2, 0.25) is 0 Å². The van der Waals surface area contributed by atoms with Crippen molar-refractivity contribution in [3.8, 4) is 5.75 Å². The summed E-state index contributed by atoms with van der Waals surface area (Å²) in [4.78, 5) is 0. The van der Waals surface area contributed by atoms with Crippen molar-refractivity contribution in [3.63, 3.8) is 0 Å². The van der Waals surface area contributed by atoms with Crippen LogP contribution in [0.3, 0.4) is 0 Å². The molecule has 0 saturated heterocycles. The van der Waals surface area contributed by atoms with Gasteiger partial charge in [-0.25, -0.2) is 0 Å². The fourth-order valence-electron chi connectivity index (χ4n) is 5.06. The Balaban J connectivity index is 0.00000231. The summed E-state index contributed by atoms with van der Waals surface area (Å²) in [5.74, 6) is 0.952. The quantitative estimate of drug-likeness (QED) is 0.392. The lowest BCUT2D eigenvalue weighted by atomic mass is 10.1. The van der Waals surface area contributed by atoms with Gasteiger partial charge in [-0.15, -0.1) is 0 Å². The van der Waals surface area contributed by atoms with E-state index in [0.717, 1.165) is 18.6 Å². The molecule has 3 heteroatoms. The van der Waals surface area contributed by atoms with E-state index in [9.17, 15) is 0 Å². The van der Waals surface area contributed by atoms with Crippen molar-refractivity contribution in [2.75, 3.05) is 7.11 Å². The fourth-order valence-corrected chi connectivity index (χ4v) is 10.1. The van der Waals surface area contributed by atoms with Crippen LogP contribution in [0.15, 0.2) is 109 Å². The van der Waals surface area contributed by atoms with Crippen molar-refractivity contribution in [1.29, 1.82) is 0 Å². The molecule has 0 heterocycles. The number of methoxy groups -OCH3 is 1. The molecule has 156 valence electrons. The molecule has 1 atom stereocenters. The van der Waals surface area contributed by atoms with Gasteiger partial charge in [-0.3, -0.25) is 0 Å². The van der Waals surface area contributed by atoms with Gasteiger partial charge in [0, 0.05) is 5.56 Å². The summed E-state index contributed by atoms with van der Waals surface area (Å²) in [5, 5.41) is 4.34. The zero-order valence-electron chi connectivity index (χ0n) is 17.6. The van der Waals surface area contributed by atoms with Gasteiger partial charge in [0.15, 0.2) is 0 Å². The van der Waals surface area contributed by atoms with E-state index in [1.54, 1.807) is 7.11 Å². The van der Waals surface area contributed by atoms with Crippen molar-refractivity contribution >= 4 is 23.2 Å². The normalized spacial score (nSPS) is 15.1. The van der Waals surface area contributed by atoms with Crippen LogP contribution in [-0.2, 0) is 6.42 Å². The van der Waals surface area contributed by atoms with Gasteiger partial charge in [-0.05, 0) is 66.9 Å². The van der Waals surface area contributed by atoms with Gasteiger partial charge in [-0.2, -0.15) is 0 Å². The maximum absolute atomic E-state index is 5.63. The Morgan fingerprint density at radius 2 is 1.16 bits per heavy atom. The first kappa shape index (κ1) is 21.8. The van der Waals surface area contributed by atoms with Crippen LogP contribution in [0.1, 0.15) is 23.2 Å². The molecule has 0 bridgehead atoms. The van der Waals surface area contributed by atoms with Gasteiger partial charge >= 0.3 is 0 Å². The van der Waals surface area contributed by atoms with Crippen molar-refractivity contribution in [2.24, 2.45) is 0 Å². The van der Waals surface area contributed by atoms with E-state index < -0.39 is 7.26 Å². The van der Waals surface area contributed by atoms with E-state index in [-0.39, 0.29) is 17.0 Å². The van der Waals surface area contributed by atoms with Gasteiger partial charge in [0.05, 0.1) is 7.11 Å². The van der Waals surface area contributed by atoms with E-state index in [2.05, 4.69) is 109 Å². The van der Waals surface area contributed by atoms with E-state index >= 15 is 0 Å². The molecule has 0 aromatic heterocycles. The highest BCUT2D eigenvalue weighted by atomic mass is 79.9. The summed E-state index contributed by atoms with van der Waals surface area (Å²) in [5.41, 5.74) is 3.36. The first-order valence-electron chi connectivity index (χ1n) is 10.6. The second kappa shape index (κ2) is 9.39. The summed E-state index contributed by atoms with van der Waals surface area (Å²) < 4.78 is 5.63. The highest BCUT2D eigenvalue weighted by molar-refractivity contribution is 7.96. The van der Waals surface area contributed by atoms with Crippen molar-refractivity contribution in [3.05, 3.63) is 120 Å². The van der Waals surface area contributed by atoms with Crippen molar-refractivity contribution < 1.29 is 21.7 Å². The smallest absolute Gasteiger partial charge is 0.119 e. The third-order valence-corrected chi connectivity index (χ3v) is 11.2. The van der Waals surface area contributed by atoms with Crippen molar-refractivity contribution in [2.45, 2.75) is 18.5 Å². The molecule has 0 spiro atoms. The first-order chi connectivity index (χ1) is 14.8. The lowest BCUT2D eigenvalue weighted by Gasteiger charge is -2.33. The standard InChI is InChI=1S/C28H26OP.BrH/c1-29-23-19-17-22-18-20-28(27(22)21-23)30(24-11-5-2-6-12-24,25-13-7-3-8-14-25)26-15-9-4-10-16-26;/h2-17,19,21,28H,18,20H2,1H3;1H/q+1;/p-1. The molecule has 1 unspecified atom stereocenters. The number of rotatable bonds is 5. The number of hydrogen-bond donors (Lipinski definition) is 0. The van der Waals surface area contributed by atoms with Crippen LogP contribution in [0.4, 0.5) is 0 Å². The molecule has 0 aliphatic heterocycles. The molecule has 0 N–H and O–H groups in total. The Bertz CT molecular complexity index is 1030. The maximum atomic E-state index is 5.63. The van der Waals surface area contributed by atoms with E-state index in [1.165, 1.54) is 27.0 Å². The molecule has 0 fully saturated rings.